The summed E-state index contributed by atoms with van der Waals surface area (Å²) >= 11 is 1.78. The number of nitrogens with zero attached hydrogens (tertiary/aromatic N) is 1. The van der Waals surface area contributed by atoms with Gasteiger partial charge >= 0.3 is 0 Å². The number of nitrogens with two attached hydrogens (primary N) is 1. The lowest BCUT2D eigenvalue weighted by Gasteiger charge is -2.15. The first kappa shape index (κ1) is 12.6. The van der Waals surface area contributed by atoms with Gasteiger partial charge in [-0.2, -0.15) is 0 Å². The Morgan fingerprint density at radius 3 is 2.80 bits per heavy atom. The molecule has 3 nitrogen and oxygen atoms in total. The molecule has 1 atom stereocenters. The fraction of sp³-hybridized carbons (Fsp3) is 0.727. The predicted octanol–water partition coefficient (Wildman–Crippen LogP) is 1.78. The molecular weight excluding hydrogens is 206 g/mol. The van der Waals surface area contributed by atoms with Crippen LogP contribution in [0.4, 0.5) is 0 Å². The highest BCUT2D eigenvalue weighted by Gasteiger charge is 2.07. The lowest BCUT2D eigenvalue weighted by Crippen LogP contribution is -2.37. The number of hydrogen-bond acceptors (Lipinski definition) is 4. The van der Waals surface area contributed by atoms with Crippen LogP contribution < -0.4 is 11.1 Å². The van der Waals surface area contributed by atoms with Crippen LogP contribution in [0.5, 0.6) is 0 Å². The average molecular weight is 227 g/mol. The SMILES string of the molecule is CCc1cnc(CNCC(N)C(C)C)s1. The molecule has 0 saturated carbocycles. The van der Waals surface area contributed by atoms with Crippen LogP contribution in [0.2, 0.25) is 0 Å². The van der Waals surface area contributed by atoms with Gasteiger partial charge < -0.3 is 11.1 Å². The summed E-state index contributed by atoms with van der Waals surface area (Å²) < 4.78 is 0. The van der Waals surface area contributed by atoms with Gasteiger partial charge in [-0.1, -0.05) is 20.8 Å². The van der Waals surface area contributed by atoms with Crippen molar-refractivity contribution in [2.24, 2.45) is 11.7 Å². The van der Waals surface area contributed by atoms with Crippen LogP contribution in [0.1, 0.15) is 30.7 Å². The summed E-state index contributed by atoms with van der Waals surface area (Å²) in [7, 11) is 0. The summed E-state index contributed by atoms with van der Waals surface area (Å²) in [4.78, 5) is 5.69. The van der Waals surface area contributed by atoms with Crippen LogP contribution in [0, 0.1) is 5.92 Å². The Kier molecular flexibility index (Phi) is 5.22. The molecule has 1 aromatic heterocycles. The topological polar surface area (TPSA) is 50.9 Å². The highest BCUT2D eigenvalue weighted by molar-refractivity contribution is 7.11. The first-order valence-corrected chi connectivity index (χ1v) is 6.35. The van der Waals surface area contributed by atoms with Crippen molar-refractivity contribution in [2.45, 2.75) is 39.8 Å². The largest absolute Gasteiger partial charge is 0.326 e. The number of thiazole rings is 1. The van der Waals surface area contributed by atoms with E-state index in [1.807, 2.05) is 6.20 Å². The van der Waals surface area contributed by atoms with Crippen molar-refractivity contribution in [2.75, 3.05) is 6.54 Å². The Labute approximate surface area is 96.1 Å². The van der Waals surface area contributed by atoms with Gasteiger partial charge in [0.15, 0.2) is 0 Å². The van der Waals surface area contributed by atoms with E-state index in [0.29, 0.717) is 5.92 Å². The van der Waals surface area contributed by atoms with Gasteiger partial charge in [0.1, 0.15) is 5.01 Å². The summed E-state index contributed by atoms with van der Waals surface area (Å²) in [5, 5.41) is 4.50. The Hall–Kier alpha value is -0.450. The summed E-state index contributed by atoms with van der Waals surface area (Å²) in [5.41, 5.74) is 5.93. The van der Waals surface area contributed by atoms with Crippen LogP contribution in [0.15, 0.2) is 6.20 Å². The van der Waals surface area contributed by atoms with Crippen LogP contribution in [0.3, 0.4) is 0 Å². The van der Waals surface area contributed by atoms with Gasteiger partial charge in [0, 0.05) is 30.2 Å². The van der Waals surface area contributed by atoms with E-state index in [1.54, 1.807) is 11.3 Å². The van der Waals surface area contributed by atoms with E-state index >= 15 is 0 Å². The summed E-state index contributed by atoms with van der Waals surface area (Å²) in [6.07, 6.45) is 3.03. The van der Waals surface area contributed by atoms with Crippen LogP contribution in [-0.2, 0) is 13.0 Å². The number of nitrogens with one attached hydrogen (secondary N) is 1. The van der Waals surface area contributed by atoms with Crippen molar-refractivity contribution in [3.8, 4) is 0 Å². The highest BCUT2D eigenvalue weighted by Crippen LogP contribution is 2.12. The Morgan fingerprint density at radius 1 is 1.53 bits per heavy atom. The third kappa shape index (κ3) is 4.28. The highest BCUT2D eigenvalue weighted by atomic mass is 32.1. The van der Waals surface area contributed by atoms with Crippen molar-refractivity contribution < 1.29 is 0 Å². The first-order valence-electron chi connectivity index (χ1n) is 5.53. The lowest BCUT2D eigenvalue weighted by atomic mass is 10.1. The molecule has 0 fully saturated rings. The fourth-order valence-corrected chi connectivity index (χ4v) is 2.01. The van der Waals surface area contributed by atoms with Gasteiger partial charge in [-0.05, 0) is 12.3 Å². The third-order valence-electron chi connectivity index (χ3n) is 2.46. The number of aromatic nitrogens is 1. The second kappa shape index (κ2) is 6.20. The fourth-order valence-electron chi connectivity index (χ4n) is 1.17. The molecule has 0 aliphatic rings. The van der Waals surface area contributed by atoms with Gasteiger partial charge in [-0.15, -0.1) is 11.3 Å². The molecule has 0 amide bonds. The average Bonchev–Trinajstić information content (AvgIpc) is 2.65. The van der Waals surface area contributed by atoms with Crippen molar-refractivity contribution in [1.82, 2.24) is 10.3 Å². The minimum absolute atomic E-state index is 0.232. The minimum Gasteiger partial charge on any atom is -0.326 e. The molecule has 15 heavy (non-hydrogen) atoms. The molecule has 1 rings (SSSR count). The van der Waals surface area contributed by atoms with Crippen molar-refractivity contribution in [3.05, 3.63) is 16.1 Å². The standard InChI is InChI=1S/C11H21N3S/c1-4-9-5-14-11(15-9)7-13-6-10(12)8(2)3/h5,8,10,13H,4,6-7,12H2,1-3H3. The van der Waals surface area contributed by atoms with Crippen molar-refractivity contribution in [1.29, 1.82) is 0 Å². The van der Waals surface area contributed by atoms with E-state index in [4.69, 9.17) is 5.73 Å². The zero-order valence-corrected chi connectivity index (χ0v) is 10.6. The number of hydrogen-bond donors (Lipinski definition) is 2. The summed E-state index contributed by atoms with van der Waals surface area (Å²) in [6, 6.07) is 0.232. The van der Waals surface area contributed by atoms with Crippen LogP contribution in [-0.4, -0.2) is 17.6 Å². The molecule has 0 aromatic carbocycles. The molecule has 0 saturated heterocycles. The van der Waals surface area contributed by atoms with Crippen molar-refractivity contribution >= 4 is 11.3 Å². The maximum Gasteiger partial charge on any atom is 0.107 e. The zero-order chi connectivity index (χ0) is 11.3. The van der Waals surface area contributed by atoms with E-state index in [9.17, 15) is 0 Å². The summed E-state index contributed by atoms with van der Waals surface area (Å²) in [5.74, 6) is 0.528. The molecule has 3 N–H and O–H groups in total. The molecule has 0 radical (unpaired) electrons. The van der Waals surface area contributed by atoms with E-state index in [2.05, 4.69) is 31.1 Å². The predicted molar refractivity (Wildman–Crippen MR) is 66.0 cm³/mol. The monoisotopic (exact) mass is 227 g/mol. The maximum atomic E-state index is 5.93. The second-order valence-electron chi connectivity index (χ2n) is 4.11. The third-order valence-corrected chi connectivity index (χ3v) is 3.60. The second-order valence-corrected chi connectivity index (χ2v) is 5.31. The molecule has 86 valence electrons. The molecule has 0 spiro atoms. The van der Waals surface area contributed by atoms with Gasteiger partial charge in [0.2, 0.25) is 0 Å². The molecular formula is C11H21N3S. The first-order chi connectivity index (χ1) is 7.13. The number of rotatable bonds is 6. The molecule has 0 aliphatic heterocycles. The van der Waals surface area contributed by atoms with Gasteiger partial charge in [-0.3, -0.25) is 0 Å². The quantitative estimate of drug-likeness (QED) is 0.779. The zero-order valence-electron chi connectivity index (χ0n) is 9.79. The maximum absolute atomic E-state index is 5.93. The van der Waals surface area contributed by atoms with Gasteiger partial charge in [0.05, 0.1) is 0 Å². The van der Waals surface area contributed by atoms with Crippen LogP contribution >= 0.6 is 11.3 Å². The Balaban J connectivity index is 2.25. The van der Waals surface area contributed by atoms with E-state index in [0.717, 1.165) is 24.5 Å². The van der Waals surface area contributed by atoms with Crippen molar-refractivity contribution in [3.63, 3.8) is 0 Å². The summed E-state index contributed by atoms with van der Waals surface area (Å²) in [6.45, 7) is 8.14. The smallest absolute Gasteiger partial charge is 0.107 e. The van der Waals surface area contributed by atoms with Gasteiger partial charge in [0.25, 0.3) is 0 Å². The van der Waals surface area contributed by atoms with Gasteiger partial charge in [-0.25, -0.2) is 4.98 Å². The molecule has 4 heteroatoms. The molecule has 1 heterocycles. The van der Waals surface area contributed by atoms with Crippen LogP contribution in [0.25, 0.3) is 0 Å². The van der Waals surface area contributed by atoms with E-state index in [1.165, 1.54) is 4.88 Å². The minimum atomic E-state index is 0.232. The Morgan fingerprint density at radius 2 is 2.27 bits per heavy atom. The van der Waals surface area contributed by atoms with E-state index in [-0.39, 0.29) is 6.04 Å². The lowest BCUT2D eigenvalue weighted by molar-refractivity contribution is 0.458. The molecule has 0 bridgehead atoms. The molecule has 1 unspecified atom stereocenters. The number of aryl methyl sites for hydroxylation is 1. The van der Waals surface area contributed by atoms with E-state index < -0.39 is 0 Å². The molecule has 1 aromatic rings. The Bertz CT molecular complexity index is 283. The normalized spacial score (nSPS) is 13.4. The molecule has 0 aliphatic carbocycles.